The Morgan fingerprint density at radius 1 is 1.11 bits per heavy atom. The van der Waals surface area contributed by atoms with Crippen LogP contribution in [0.3, 0.4) is 0 Å². The zero-order chi connectivity index (χ0) is 19.2. The number of carbonyl (C=O) groups excluding carboxylic acids is 2. The van der Waals surface area contributed by atoms with Gasteiger partial charge >= 0.3 is 0 Å². The van der Waals surface area contributed by atoms with E-state index >= 15 is 0 Å². The Labute approximate surface area is 158 Å². The molecule has 0 unspecified atom stereocenters. The average molecular weight is 370 g/mol. The minimum Gasteiger partial charge on any atom is -0.366 e. The lowest BCUT2D eigenvalue weighted by molar-refractivity contribution is -0.140. The van der Waals surface area contributed by atoms with Gasteiger partial charge in [-0.1, -0.05) is 18.2 Å². The molecule has 7 heteroatoms. The summed E-state index contributed by atoms with van der Waals surface area (Å²) in [6.45, 7) is 3.98. The van der Waals surface area contributed by atoms with Crippen molar-refractivity contribution in [2.75, 3.05) is 37.6 Å². The lowest BCUT2D eigenvalue weighted by Gasteiger charge is -2.37. The molecule has 0 bridgehead atoms. The number of hydrogen-bond donors (Lipinski definition) is 0. The lowest BCUT2D eigenvalue weighted by atomic mass is 10.2. The number of rotatable bonds is 5. The smallest absolute Gasteiger partial charge is 0.242 e. The molecule has 0 radical (unpaired) electrons. The van der Waals surface area contributed by atoms with Gasteiger partial charge in [0.05, 0.1) is 5.69 Å². The first-order valence-electron chi connectivity index (χ1n) is 8.96. The van der Waals surface area contributed by atoms with Crippen LogP contribution in [0.2, 0.25) is 0 Å². The van der Waals surface area contributed by atoms with Crippen LogP contribution in [-0.2, 0) is 16.1 Å². The van der Waals surface area contributed by atoms with Crippen molar-refractivity contribution in [1.82, 2.24) is 14.8 Å². The number of benzene rings is 1. The van der Waals surface area contributed by atoms with Crippen LogP contribution in [0.5, 0.6) is 0 Å². The molecular weight excluding hydrogens is 347 g/mol. The van der Waals surface area contributed by atoms with Gasteiger partial charge in [-0.15, -0.1) is 0 Å². The van der Waals surface area contributed by atoms with E-state index in [1.165, 1.54) is 17.9 Å². The fourth-order valence-corrected chi connectivity index (χ4v) is 3.16. The van der Waals surface area contributed by atoms with Gasteiger partial charge in [-0.25, -0.2) is 4.39 Å². The fraction of sp³-hybridized carbons (Fsp3) is 0.350. The van der Waals surface area contributed by atoms with Crippen LogP contribution in [0.1, 0.15) is 12.5 Å². The van der Waals surface area contributed by atoms with E-state index in [9.17, 15) is 14.0 Å². The van der Waals surface area contributed by atoms with Crippen molar-refractivity contribution in [1.29, 1.82) is 0 Å². The number of anilines is 1. The second kappa shape index (κ2) is 8.62. The molecule has 27 heavy (non-hydrogen) atoms. The van der Waals surface area contributed by atoms with Crippen LogP contribution in [0.4, 0.5) is 10.1 Å². The van der Waals surface area contributed by atoms with Gasteiger partial charge in [-0.2, -0.15) is 0 Å². The van der Waals surface area contributed by atoms with Gasteiger partial charge in [-0.05, 0) is 23.8 Å². The van der Waals surface area contributed by atoms with E-state index in [1.807, 2.05) is 11.0 Å². The van der Waals surface area contributed by atoms with Crippen molar-refractivity contribution in [3.63, 3.8) is 0 Å². The first kappa shape index (κ1) is 18.8. The predicted molar refractivity (Wildman–Crippen MR) is 101 cm³/mol. The van der Waals surface area contributed by atoms with Crippen LogP contribution >= 0.6 is 0 Å². The highest BCUT2D eigenvalue weighted by molar-refractivity contribution is 5.84. The summed E-state index contributed by atoms with van der Waals surface area (Å²) in [6.07, 6.45) is 3.36. The Kier molecular flexibility index (Phi) is 6.01. The zero-order valence-electron chi connectivity index (χ0n) is 15.3. The molecule has 2 heterocycles. The van der Waals surface area contributed by atoms with E-state index < -0.39 is 0 Å². The number of nitrogens with zero attached hydrogens (tertiary/aromatic N) is 4. The number of halogens is 1. The molecule has 0 spiro atoms. The third-order valence-corrected chi connectivity index (χ3v) is 4.69. The topological polar surface area (TPSA) is 56.8 Å². The standard InChI is InChI=1S/C20H23FN4O2/c1-16(26)25(14-17-5-4-8-22-13-17)15-20(27)24-11-9-23(10-12-24)19-7-3-2-6-18(19)21/h2-8,13H,9-12,14-15H2,1H3. The number of carbonyl (C=O) groups is 2. The summed E-state index contributed by atoms with van der Waals surface area (Å²) in [5.41, 5.74) is 1.44. The van der Waals surface area contributed by atoms with E-state index in [4.69, 9.17) is 0 Å². The van der Waals surface area contributed by atoms with Crippen molar-refractivity contribution >= 4 is 17.5 Å². The molecule has 1 aliphatic heterocycles. The van der Waals surface area contributed by atoms with Gasteiger partial charge in [0.1, 0.15) is 12.4 Å². The second-order valence-electron chi connectivity index (χ2n) is 6.56. The van der Waals surface area contributed by atoms with Crippen LogP contribution < -0.4 is 4.90 Å². The normalized spacial score (nSPS) is 14.1. The highest BCUT2D eigenvalue weighted by Crippen LogP contribution is 2.20. The summed E-state index contributed by atoms with van der Waals surface area (Å²) in [6, 6.07) is 10.3. The van der Waals surface area contributed by atoms with Crippen molar-refractivity contribution < 1.29 is 14.0 Å². The van der Waals surface area contributed by atoms with Gasteiger partial charge in [0.25, 0.3) is 0 Å². The van der Waals surface area contributed by atoms with Crippen LogP contribution in [0.15, 0.2) is 48.8 Å². The molecule has 0 N–H and O–H groups in total. The van der Waals surface area contributed by atoms with E-state index in [-0.39, 0.29) is 24.2 Å². The quantitative estimate of drug-likeness (QED) is 0.807. The third-order valence-electron chi connectivity index (χ3n) is 4.69. The molecule has 1 aromatic heterocycles. The molecule has 1 aromatic carbocycles. The highest BCUT2D eigenvalue weighted by atomic mass is 19.1. The first-order chi connectivity index (χ1) is 13.0. The van der Waals surface area contributed by atoms with E-state index in [2.05, 4.69) is 4.98 Å². The molecule has 1 saturated heterocycles. The van der Waals surface area contributed by atoms with Crippen LogP contribution in [0, 0.1) is 5.82 Å². The minimum absolute atomic E-state index is 0.0317. The molecular formula is C20H23FN4O2. The predicted octanol–water partition coefficient (Wildman–Crippen LogP) is 1.92. The van der Waals surface area contributed by atoms with E-state index in [1.54, 1.807) is 41.6 Å². The average Bonchev–Trinajstić information content (AvgIpc) is 2.68. The molecule has 0 aliphatic carbocycles. The molecule has 2 amide bonds. The summed E-state index contributed by atoms with van der Waals surface area (Å²) in [4.78, 5) is 33.8. The van der Waals surface area contributed by atoms with Gasteiger partial charge in [0, 0.05) is 52.0 Å². The SMILES string of the molecule is CC(=O)N(CC(=O)N1CCN(c2ccccc2F)CC1)Cc1cccnc1. The summed E-state index contributed by atoms with van der Waals surface area (Å²) in [7, 11) is 0. The summed E-state index contributed by atoms with van der Waals surface area (Å²) in [5.74, 6) is -0.504. The maximum Gasteiger partial charge on any atom is 0.242 e. The van der Waals surface area contributed by atoms with Crippen molar-refractivity contribution in [3.8, 4) is 0 Å². The monoisotopic (exact) mass is 370 g/mol. The maximum absolute atomic E-state index is 13.9. The Morgan fingerprint density at radius 2 is 1.85 bits per heavy atom. The molecule has 3 rings (SSSR count). The Morgan fingerprint density at radius 3 is 2.48 bits per heavy atom. The molecule has 1 aliphatic rings. The van der Waals surface area contributed by atoms with Crippen LogP contribution in [-0.4, -0.2) is 59.3 Å². The number of amides is 2. The summed E-state index contributed by atoms with van der Waals surface area (Å²) in [5, 5.41) is 0. The number of pyridine rings is 1. The molecule has 0 saturated carbocycles. The largest absolute Gasteiger partial charge is 0.366 e. The minimum atomic E-state index is -0.253. The van der Waals surface area contributed by atoms with Crippen molar-refractivity contribution in [2.45, 2.75) is 13.5 Å². The Hall–Kier alpha value is -2.96. The molecule has 1 fully saturated rings. The van der Waals surface area contributed by atoms with Crippen molar-refractivity contribution in [3.05, 3.63) is 60.2 Å². The lowest BCUT2D eigenvalue weighted by Crippen LogP contribution is -2.51. The summed E-state index contributed by atoms with van der Waals surface area (Å²) < 4.78 is 13.9. The fourth-order valence-electron chi connectivity index (χ4n) is 3.16. The maximum atomic E-state index is 13.9. The number of aromatic nitrogens is 1. The zero-order valence-corrected chi connectivity index (χ0v) is 15.3. The highest BCUT2D eigenvalue weighted by Gasteiger charge is 2.24. The van der Waals surface area contributed by atoms with Gasteiger partial charge in [-0.3, -0.25) is 14.6 Å². The van der Waals surface area contributed by atoms with Gasteiger partial charge < -0.3 is 14.7 Å². The number of piperazine rings is 1. The Bertz CT molecular complexity index is 792. The summed E-state index contributed by atoms with van der Waals surface area (Å²) >= 11 is 0. The number of hydrogen-bond acceptors (Lipinski definition) is 4. The first-order valence-corrected chi connectivity index (χ1v) is 8.96. The van der Waals surface area contributed by atoms with E-state index in [0.717, 1.165) is 5.56 Å². The molecule has 0 atom stereocenters. The Balaban J connectivity index is 1.56. The molecule has 142 valence electrons. The van der Waals surface area contributed by atoms with Gasteiger partial charge in [0.2, 0.25) is 11.8 Å². The van der Waals surface area contributed by atoms with Gasteiger partial charge in [0.15, 0.2) is 0 Å². The molecule has 2 aromatic rings. The van der Waals surface area contributed by atoms with Crippen molar-refractivity contribution in [2.24, 2.45) is 0 Å². The second-order valence-corrected chi connectivity index (χ2v) is 6.56. The van der Waals surface area contributed by atoms with Crippen LogP contribution in [0.25, 0.3) is 0 Å². The number of para-hydroxylation sites is 1. The molecule has 6 nitrogen and oxygen atoms in total. The third kappa shape index (κ3) is 4.81. The van der Waals surface area contributed by atoms with E-state index in [0.29, 0.717) is 38.4 Å².